The van der Waals surface area contributed by atoms with Gasteiger partial charge in [-0.25, -0.2) is 4.79 Å². The van der Waals surface area contributed by atoms with Crippen molar-refractivity contribution in [3.63, 3.8) is 0 Å². The molecule has 1 amide bonds. The minimum absolute atomic E-state index is 0.00128. The van der Waals surface area contributed by atoms with Crippen molar-refractivity contribution in [3.8, 4) is 17.6 Å². The first-order valence-corrected chi connectivity index (χ1v) is 9.57. The average Bonchev–Trinajstić information content (AvgIpc) is 2.71. The number of methoxy groups -OCH3 is 1. The summed E-state index contributed by atoms with van der Waals surface area (Å²) in [5.74, 6) is -0.875. The van der Waals surface area contributed by atoms with Gasteiger partial charge in [0.25, 0.3) is 5.91 Å². The molecule has 0 atom stereocenters. The third-order valence-electron chi connectivity index (χ3n) is 4.69. The number of allylic oxidation sites excluding steroid dienone is 1. The fourth-order valence-corrected chi connectivity index (χ4v) is 3.35. The van der Waals surface area contributed by atoms with Crippen LogP contribution < -0.4 is 14.8 Å². The number of carboxylic acids is 1. The van der Waals surface area contributed by atoms with Gasteiger partial charge in [0.15, 0.2) is 18.1 Å². The summed E-state index contributed by atoms with van der Waals surface area (Å²) in [6.45, 7) is 3.19. The van der Waals surface area contributed by atoms with Gasteiger partial charge in [0.2, 0.25) is 0 Å². The molecule has 29 heavy (non-hydrogen) atoms. The average molecular weight is 398 g/mol. The van der Waals surface area contributed by atoms with Gasteiger partial charge in [-0.2, -0.15) is 5.26 Å². The van der Waals surface area contributed by atoms with Crippen LogP contribution in [0.2, 0.25) is 0 Å². The van der Waals surface area contributed by atoms with Gasteiger partial charge in [-0.3, -0.25) is 4.79 Å². The molecule has 0 spiro atoms. The summed E-state index contributed by atoms with van der Waals surface area (Å²) < 4.78 is 10.7. The van der Waals surface area contributed by atoms with E-state index in [0.29, 0.717) is 29.0 Å². The summed E-state index contributed by atoms with van der Waals surface area (Å²) in [5.41, 5.74) is 1.23. The Morgan fingerprint density at radius 2 is 2.07 bits per heavy atom. The van der Waals surface area contributed by atoms with Crippen LogP contribution in [0.4, 0.5) is 0 Å². The molecule has 2 rings (SSSR count). The predicted octanol–water partition coefficient (Wildman–Crippen LogP) is 3.24. The monoisotopic (exact) mass is 398 g/mol. The number of nitrogens with zero attached hydrogens (tertiary/aromatic N) is 1. The van der Waals surface area contributed by atoms with Crippen LogP contribution in [0, 0.1) is 11.3 Å². The molecule has 1 saturated carbocycles. The molecule has 0 radical (unpaired) electrons. The highest BCUT2D eigenvalue weighted by molar-refractivity contribution is 6.01. The number of nitriles is 1. The highest BCUT2D eigenvalue weighted by atomic mass is 16.5. The highest BCUT2D eigenvalue weighted by Crippen LogP contribution is 2.34. The molecule has 0 bridgehead atoms. The molecule has 1 aromatic carbocycles. The lowest BCUT2D eigenvalue weighted by Crippen LogP contribution is -2.36. The molecule has 2 N–H and O–H groups in total. The molecular formula is C22H26N2O5. The number of carbonyl (C=O) groups excluding carboxylic acids is 1. The summed E-state index contributed by atoms with van der Waals surface area (Å²) >= 11 is 0. The van der Waals surface area contributed by atoms with Crippen LogP contribution in [0.1, 0.15) is 43.2 Å². The molecule has 1 aliphatic carbocycles. The van der Waals surface area contributed by atoms with Gasteiger partial charge in [-0.15, -0.1) is 6.58 Å². The molecule has 1 fully saturated rings. The smallest absolute Gasteiger partial charge is 0.341 e. The zero-order valence-electron chi connectivity index (χ0n) is 16.6. The van der Waals surface area contributed by atoms with Crippen molar-refractivity contribution in [1.82, 2.24) is 5.32 Å². The van der Waals surface area contributed by atoms with Crippen LogP contribution in [-0.2, 0) is 16.0 Å². The van der Waals surface area contributed by atoms with E-state index in [1.54, 1.807) is 18.2 Å². The van der Waals surface area contributed by atoms with Crippen molar-refractivity contribution in [2.45, 2.75) is 44.6 Å². The lowest BCUT2D eigenvalue weighted by Gasteiger charge is -2.22. The SMILES string of the molecule is C=CCc1cc(/C=C(/C#N)C(=O)NC2CCCCC2)cc(OC)c1OCC(=O)O. The van der Waals surface area contributed by atoms with E-state index in [9.17, 15) is 14.9 Å². The van der Waals surface area contributed by atoms with Crippen molar-refractivity contribution in [1.29, 1.82) is 5.26 Å². The van der Waals surface area contributed by atoms with Gasteiger partial charge >= 0.3 is 5.97 Å². The van der Waals surface area contributed by atoms with Crippen LogP contribution in [0.5, 0.6) is 11.5 Å². The molecule has 0 saturated heterocycles. The Balaban J connectivity index is 2.31. The first-order chi connectivity index (χ1) is 14.0. The van der Waals surface area contributed by atoms with Gasteiger partial charge in [0.05, 0.1) is 7.11 Å². The third-order valence-corrected chi connectivity index (χ3v) is 4.69. The maximum Gasteiger partial charge on any atom is 0.341 e. The minimum atomic E-state index is -1.10. The van der Waals surface area contributed by atoms with Crippen LogP contribution >= 0.6 is 0 Å². The Morgan fingerprint density at radius 1 is 1.34 bits per heavy atom. The van der Waals surface area contributed by atoms with Crippen LogP contribution in [0.25, 0.3) is 6.08 Å². The summed E-state index contributed by atoms with van der Waals surface area (Å²) in [6, 6.07) is 5.40. The second-order valence-corrected chi connectivity index (χ2v) is 6.86. The number of nitrogens with one attached hydrogen (secondary N) is 1. The fraction of sp³-hybridized carbons (Fsp3) is 0.409. The van der Waals surface area contributed by atoms with Crippen molar-refractivity contribution in [2.75, 3.05) is 13.7 Å². The van der Waals surface area contributed by atoms with E-state index in [0.717, 1.165) is 25.7 Å². The highest BCUT2D eigenvalue weighted by Gasteiger charge is 2.19. The van der Waals surface area contributed by atoms with Crippen LogP contribution in [0.15, 0.2) is 30.4 Å². The molecule has 0 heterocycles. The zero-order valence-corrected chi connectivity index (χ0v) is 16.6. The summed E-state index contributed by atoms with van der Waals surface area (Å²) in [4.78, 5) is 23.4. The number of amides is 1. The number of hydrogen-bond acceptors (Lipinski definition) is 5. The lowest BCUT2D eigenvalue weighted by atomic mass is 9.95. The standard InChI is InChI=1S/C22H26N2O5/c1-3-7-16-10-15(12-19(28-2)21(16)29-14-20(25)26)11-17(13-23)22(27)24-18-8-5-4-6-9-18/h3,10-12,18H,1,4-9,14H2,2H3,(H,24,27)(H,25,26)/b17-11-. The first-order valence-electron chi connectivity index (χ1n) is 9.57. The second kappa shape index (κ2) is 10.9. The largest absolute Gasteiger partial charge is 0.493 e. The van der Waals surface area contributed by atoms with E-state index < -0.39 is 18.5 Å². The topological polar surface area (TPSA) is 109 Å². The normalized spacial score (nSPS) is 14.6. The van der Waals surface area contributed by atoms with Gasteiger partial charge in [0.1, 0.15) is 11.6 Å². The predicted molar refractivity (Wildman–Crippen MR) is 109 cm³/mol. The van der Waals surface area contributed by atoms with Crippen molar-refractivity contribution >= 4 is 18.0 Å². The Kier molecular flexibility index (Phi) is 8.28. The Hall–Kier alpha value is -3.27. The number of hydrogen-bond donors (Lipinski definition) is 2. The van der Waals surface area contributed by atoms with E-state index in [1.165, 1.54) is 19.6 Å². The first kappa shape index (κ1) is 22.0. The fourth-order valence-electron chi connectivity index (χ4n) is 3.35. The van der Waals surface area contributed by atoms with Crippen molar-refractivity contribution < 1.29 is 24.2 Å². The Labute approximate surface area is 170 Å². The number of benzene rings is 1. The van der Waals surface area contributed by atoms with Gasteiger partial charge in [-0.1, -0.05) is 25.3 Å². The maximum absolute atomic E-state index is 12.5. The molecule has 7 nitrogen and oxygen atoms in total. The van der Waals surface area contributed by atoms with Crippen molar-refractivity contribution in [3.05, 3.63) is 41.5 Å². The number of ether oxygens (including phenoxy) is 2. The minimum Gasteiger partial charge on any atom is -0.493 e. The summed E-state index contributed by atoms with van der Waals surface area (Å²) in [7, 11) is 1.44. The van der Waals surface area contributed by atoms with Gasteiger partial charge in [-0.05, 0) is 43.0 Å². The van der Waals surface area contributed by atoms with E-state index >= 15 is 0 Å². The number of rotatable bonds is 9. The van der Waals surface area contributed by atoms with Crippen LogP contribution in [0.3, 0.4) is 0 Å². The molecule has 1 aromatic rings. The molecule has 7 heteroatoms. The van der Waals surface area contributed by atoms with E-state index in [4.69, 9.17) is 14.6 Å². The molecule has 0 aromatic heterocycles. The van der Waals surface area contributed by atoms with Gasteiger partial charge < -0.3 is 19.9 Å². The van der Waals surface area contributed by atoms with Gasteiger partial charge in [0, 0.05) is 11.6 Å². The quantitative estimate of drug-likeness (QED) is 0.375. The Bertz CT molecular complexity index is 832. The molecule has 0 unspecified atom stereocenters. The second-order valence-electron chi connectivity index (χ2n) is 6.86. The zero-order chi connectivity index (χ0) is 21.2. The summed E-state index contributed by atoms with van der Waals surface area (Å²) in [6.07, 6.45) is 8.74. The third kappa shape index (κ3) is 6.39. The lowest BCUT2D eigenvalue weighted by molar-refractivity contribution is -0.139. The molecule has 1 aliphatic rings. The Morgan fingerprint density at radius 3 is 2.66 bits per heavy atom. The maximum atomic E-state index is 12.5. The van der Waals surface area contributed by atoms with E-state index in [1.807, 2.05) is 6.07 Å². The number of aliphatic carboxylic acids is 1. The van der Waals surface area contributed by atoms with Crippen LogP contribution in [-0.4, -0.2) is 36.7 Å². The molecule has 154 valence electrons. The molecular weight excluding hydrogens is 372 g/mol. The number of carboxylic acid groups (broad SMARTS) is 1. The number of carbonyl (C=O) groups is 2. The van der Waals surface area contributed by atoms with E-state index in [-0.39, 0.29) is 11.6 Å². The molecule has 0 aliphatic heterocycles. The summed E-state index contributed by atoms with van der Waals surface area (Å²) in [5, 5.41) is 21.3. The van der Waals surface area contributed by atoms with Crippen molar-refractivity contribution in [2.24, 2.45) is 0 Å². The van der Waals surface area contributed by atoms with E-state index in [2.05, 4.69) is 11.9 Å².